The Hall–Kier alpha value is -1.09. The lowest BCUT2D eigenvalue weighted by Gasteiger charge is -2.10. The molecule has 0 amide bonds. The maximum Gasteiger partial charge on any atom is 0.119 e. The molecule has 1 aliphatic heterocycles. The molecule has 0 radical (unpaired) electrons. The quantitative estimate of drug-likeness (QED) is 0.810. The van der Waals surface area contributed by atoms with Crippen LogP contribution in [-0.2, 0) is 6.42 Å². The average Bonchev–Trinajstić information content (AvgIpc) is 2.46. The molecule has 1 aliphatic rings. The van der Waals surface area contributed by atoms with Crippen LogP contribution in [0, 0.1) is 0 Å². The lowest BCUT2D eigenvalue weighted by Crippen LogP contribution is -2.06. The number of nitrogens with one attached hydrogen (secondary N) is 1. The molecule has 0 aromatic heterocycles. The number of thiocarbonyl (C=S) groups is 1. The van der Waals surface area contributed by atoms with E-state index in [0.29, 0.717) is 0 Å². The molecule has 1 heterocycles. The van der Waals surface area contributed by atoms with Gasteiger partial charge in [-0.1, -0.05) is 19.1 Å². The zero-order valence-electron chi connectivity index (χ0n) is 9.58. The van der Waals surface area contributed by atoms with Gasteiger partial charge in [0.05, 0.1) is 11.6 Å². The lowest BCUT2D eigenvalue weighted by molar-refractivity contribution is 0.317. The third-order valence-corrected chi connectivity index (χ3v) is 2.98. The van der Waals surface area contributed by atoms with Crippen molar-refractivity contribution in [3.8, 4) is 5.75 Å². The van der Waals surface area contributed by atoms with Crippen LogP contribution in [0.2, 0.25) is 0 Å². The summed E-state index contributed by atoms with van der Waals surface area (Å²) in [4.78, 5) is 0.945. The highest BCUT2D eigenvalue weighted by Crippen LogP contribution is 2.26. The maximum atomic E-state index is 5.63. The third-order valence-electron chi connectivity index (χ3n) is 2.67. The SMILES string of the molecule is CCCOc1ccc2c(c1)CCCC(=S)N2. The standard InChI is InChI=1S/C13H17NOS/c1-2-8-15-11-6-7-12-10(9-11)4-3-5-13(16)14-12/h6-7,9H,2-5,8H2,1H3,(H,14,16). The van der Waals surface area contributed by atoms with Crippen molar-refractivity contribution in [3.63, 3.8) is 0 Å². The van der Waals surface area contributed by atoms with Gasteiger partial charge in [-0.2, -0.15) is 0 Å². The zero-order valence-corrected chi connectivity index (χ0v) is 10.4. The van der Waals surface area contributed by atoms with Crippen molar-refractivity contribution in [3.05, 3.63) is 23.8 Å². The first kappa shape index (κ1) is 11.4. The molecule has 2 nitrogen and oxygen atoms in total. The van der Waals surface area contributed by atoms with E-state index in [1.54, 1.807) is 0 Å². The fourth-order valence-electron chi connectivity index (χ4n) is 1.86. The summed E-state index contributed by atoms with van der Waals surface area (Å²) in [5, 5.41) is 3.28. The molecule has 1 aromatic carbocycles. The number of ether oxygens (including phenoxy) is 1. The Balaban J connectivity index is 2.17. The van der Waals surface area contributed by atoms with Crippen LogP contribution in [0.25, 0.3) is 0 Å². The fourth-order valence-corrected chi connectivity index (χ4v) is 2.11. The van der Waals surface area contributed by atoms with Gasteiger partial charge in [0.25, 0.3) is 0 Å². The predicted molar refractivity (Wildman–Crippen MR) is 71.4 cm³/mol. The second-order valence-corrected chi connectivity index (χ2v) is 4.56. The smallest absolute Gasteiger partial charge is 0.119 e. The van der Waals surface area contributed by atoms with Crippen LogP contribution in [0.4, 0.5) is 5.69 Å². The Bertz CT molecular complexity index is 390. The van der Waals surface area contributed by atoms with E-state index in [-0.39, 0.29) is 0 Å². The zero-order chi connectivity index (χ0) is 11.4. The van der Waals surface area contributed by atoms with Crippen LogP contribution >= 0.6 is 12.2 Å². The molecule has 0 aliphatic carbocycles. The van der Waals surface area contributed by atoms with E-state index in [9.17, 15) is 0 Å². The normalized spacial score (nSPS) is 14.9. The van der Waals surface area contributed by atoms with Gasteiger partial charge in [0, 0.05) is 5.69 Å². The van der Waals surface area contributed by atoms with Crippen molar-refractivity contribution in [2.75, 3.05) is 11.9 Å². The van der Waals surface area contributed by atoms with Crippen LogP contribution < -0.4 is 10.1 Å². The van der Waals surface area contributed by atoms with Gasteiger partial charge < -0.3 is 10.1 Å². The minimum atomic E-state index is 0.782. The summed E-state index contributed by atoms with van der Waals surface area (Å²) in [5.41, 5.74) is 2.46. The first-order chi connectivity index (χ1) is 7.79. The van der Waals surface area contributed by atoms with Crippen molar-refractivity contribution in [2.24, 2.45) is 0 Å². The van der Waals surface area contributed by atoms with E-state index < -0.39 is 0 Å². The number of benzene rings is 1. The van der Waals surface area contributed by atoms with Crippen molar-refractivity contribution >= 4 is 22.9 Å². The summed E-state index contributed by atoms with van der Waals surface area (Å²) in [6.07, 6.45) is 4.22. The average molecular weight is 235 g/mol. The van der Waals surface area contributed by atoms with E-state index >= 15 is 0 Å². The summed E-state index contributed by atoms with van der Waals surface area (Å²) in [7, 11) is 0. The minimum absolute atomic E-state index is 0.782. The molecule has 0 saturated carbocycles. The van der Waals surface area contributed by atoms with Crippen molar-refractivity contribution in [1.82, 2.24) is 0 Å². The Kier molecular flexibility index (Phi) is 3.78. The Morgan fingerprint density at radius 2 is 2.25 bits per heavy atom. The van der Waals surface area contributed by atoms with Crippen LogP contribution in [0.1, 0.15) is 31.7 Å². The van der Waals surface area contributed by atoms with E-state index in [1.165, 1.54) is 5.56 Å². The molecule has 0 unspecified atom stereocenters. The van der Waals surface area contributed by atoms with Gasteiger partial charge in [0.1, 0.15) is 5.75 Å². The summed E-state index contributed by atoms with van der Waals surface area (Å²) in [5.74, 6) is 0.968. The maximum absolute atomic E-state index is 5.63. The second kappa shape index (κ2) is 5.30. The molecule has 1 N–H and O–H groups in total. The van der Waals surface area contributed by atoms with Crippen molar-refractivity contribution in [2.45, 2.75) is 32.6 Å². The molecular formula is C13H17NOS. The summed E-state index contributed by atoms with van der Waals surface area (Å²) in [6, 6.07) is 6.21. The van der Waals surface area contributed by atoms with Crippen LogP contribution in [0.5, 0.6) is 5.75 Å². The number of rotatable bonds is 3. The first-order valence-electron chi connectivity index (χ1n) is 5.85. The highest BCUT2D eigenvalue weighted by molar-refractivity contribution is 7.80. The van der Waals surface area contributed by atoms with E-state index in [1.807, 2.05) is 6.07 Å². The molecule has 16 heavy (non-hydrogen) atoms. The molecule has 0 saturated heterocycles. The third kappa shape index (κ3) is 2.73. The van der Waals surface area contributed by atoms with Gasteiger partial charge >= 0.3 is 0 Å². The molecule has 3 heteroatoms. The van der Waals surface area contributed by atoms with Crippen molar-refractivity contribution in [1.29, 1.82) is 0 Å². The largest absolute Gasteiger partial charge is 0.494 e. The van der Waals surface area contributed by atoms with Gasteiger partial charge in [-0.25, -0.2) is 0 Å². The molecule has 1 aromatic rings. The molecule has 0 fully saturated rings. The number of hydrogen-bond donors (Lipinski definition) is 1. The second-order valence-electron chi connectivity index (χ2n) is 4.07. The van der Waals surface area contributed by atoms with Gasteiger partial charge in [0.2, 0.25) is 0 Å². The number of fused-ring (bicyclic) bond motifs is 1. The highest BCUT2D eigenvalue weighted by atomic mass is 32.1. The predicted octanol–water partition coefficient (Wildman–Crippen LogP) is 3.55. The summed E-state index contributed by atoms with van der Waals surface area (Å²) >= 11 is 5.23. The Labute approximate surface area is 102 Å². The van der Waals surface area contributed by atoms with Crippen LogP contribution in [0.15, 0.2) is 18.2 Å². The lowest BCUT2D eigenvalue weighted by atomic mass is 10.1. The highest BCUT2D eigenvalue weighted by Gasteiger charge is 2.10. The number of hydrogen-bond acceptors (Lipinski definition) is 2. The van der Waals surface area contributed by atoms with E-state index in [2.05, 4.69) is 24.4 Å². The topological polar surface area (TPSA) is 21.3 Å². The van der Waals surface area contributed by atoms with Crippen molar-refractivity contribution < 1.29 is 4.74 Å². The summed E-state index contributed by atoms with van der Waals surface area (Å²) in [6.45, 7) is 2.90. The minimum Gasteiger partial charge on any atom is -0.494 e. The monoisotopic (exact) mass is 235 g/mol. The van der Waals surface area contributed by atoms with E-state index in [0.717, 1.165) is 48.7 Å². The van der Waals surface area contributed by atoms with Crippen LogP contribution in [0.3, 0.4) is 0 Å². The van der Waals surface area contributed by atoms with Gasteiger partial charge in [-0.15, -0.1) is 0 Å². The molecular weight excluding hydrogens is 218 g/mol. The summed E-state index contributed by atoms with van der Waals surface area (Å²) < 4.78 is 5.63. The van der Waals surface area contributed by atoms with Gasteiger partial charge in [0.15, 0.2) is 0 Å². The molecule has 86 valence electrons. The number of anilines is 1. The Morgan fingerprint density at radius 3 is 3.06 bits per heavy atom. The van der Waals surface area contributed by atoms with Crippen LogP contribution in [-0.4, -0.2) is 11.6 Å². The molecule has 0 bridgehead atoms. The van der Waals surface area contributed by atoms with Gasteiger partial charge in [-0.05, 0) is 49.4 Å². The molecule has 0 atom stereocenters. The fraction of sp³-hybridized carbons (Fsp3) is 0.462. The Morgan fingerprint density at radius 1 is 1.38 bits per heavy atom. The van der Waals surface area contributed by atoms with E-state index in [4.69, 9.17) is 17.0 Å². The number of aryl methyl sites for hydroxylation is 1. The molecule has 0 spiro atoms. The molecule has 2 rings (SSSR count). The first-order valence-corrected chi connectivity index (χ1v) is 6.26. The van der Waals surface area contributed by atoms with Gasteiger partial charge in [-0.3, -0.25) is 0 Å².